The Morgan fingerprint density at radius 3 is 2.61 bits per heavy atom. The third-order valence-electron chi connectivity index (χ3n) is 2.96. The molecule has 0 aliphatic rings. The highest BCUT2D eigenvalue weighted by Crippen LogP contribution is 2.36. The van der Waals surface area contributed by atoms with Crippen molar-refractivity contribution in [3.63, 3.8) is 0 Å². The van der Waals surface area contributed by atoms with Gasteiger partial charge in [0, 0.05) is 0 Å². The largest absolute Gasteiger partial charge is 0.490 e. The highest BCUT2D eigenvalue weighted by Gasteiger charge is 2.11. The number of benzene rings is 2. The van der Waals surface area contributed by atoms with E-state index in [1.54, 1.807) is 6.21 Å². The van der Waals surface area contributed by atoms with E-state index in [-0.39, 0.29) is 0 Å². The summed E-state index contributed by atoms with van der Waals surface area (Å²) in [4.78, 5) is 0. The molecule has 0 spiro atoms. The van der Waals surface area contributed by atoms with Crippen molar-refractivity contribution in [1.82, 2.24) is 0 Å². The zero-order valence-corrected chi connectivity index (χ0v) is 15.0. The highest BCUT2D eigenvalue weighted by atomic mass is 79.9. The fraction of sp³-hybridized carbons (Fsp3) is 0.278. The maximum atomic E-state index is 5.77. The molecule has 0 aliphatic carbocycles. The van der Waals surface area contributed by atoms with Gasteiger partial charge in [-0.2, -0.15) is 5.10 Å². The van der Waals surface area contributed by atoms with Crippen molar-refractivity contribution >= 4 is 27.8 Å². The molecule has 0 fully saturated rings. The van der Waals surface area contributed by atoms with E-state index in [0.717, 1.165) is 33.6 Å². The number of nitrogens with zero attached hydrogens (tertiary/aromatic N) is 1. The normalized spacial score (nSPS) is 10.7. The average Bonchev–Trinajstić information content (AvgIpc) is 2.55. The van der Waals surface area contributed by atoms with Crippen molar-refractivity contribution in [2.75, 3.05) is 18.6 Å². The van der Waals surface area contributed by atoms with Crippen LogP contribution in [-0.2, 0) is 0 Å². The molecule has 0 aliphatic heterocycles. The van der Waals surface area contributed by atoms with Crippen LogP contribution in [0, 0.1) is 0 Å². The molecule has 0 aromatic heterocycles. The molecule has 0 saturated carbocycles. The van der Waals surface area contributed by atoms with Gasteiger partial charge in [0.25, 0.3) is 0 Å². The highest BCUT2D eigenvalue weighted by molar-refractivity contribution is 9.10. The van der Waals surface area contributed by atoms with E-state index >= 15 is 0 Å². The number of halogens is 1. The molecule has 2 aromatic rings. The van der Waals surface area contributed by atoms with E-state index in [1.165, 1.54) is 0 Å². The summed E-state index contributed by atoms with van der Waals surface area (Å²) >= 11 is 3.55. The van der Waals surface area contributed by atoms with Gasteiger partial charge in [-0.15, -0.1) is 0 Å². The van der Waals surface area contributed by atoms with Crippen LogP contribution >= 0.6 is 15.9 Å². The molecule has 5 heteroatoms. The van der Waals surface area contributed by atoms with Crippen LogP contribution in [-0.4, -0.2) is 19.4 Å². The zero-order valence-electron chi connectivity index (χ0n) is 13.4. The fourth-order valence-corrected chi connectivity index (χ4v) is 2.54. The van der Waals surface area contributed by atoms with E-state index < -0.39 is 0 Å². The standard InChI is InChI=1S/C18H21BrN2O2/c1-3-10-23-18-16(19)11-14(12-17(18)22-4-2)13-20-21-15-8-6-5-7-9-15/h5-9,11-13,21H,3-4,10H2,1-2H3/b20-13+. The SMILES string of the molecule is CCCOc1c(Br)cc(/C=N/Nc2ccccc2)cc1OCC. The number of anilines is 1. The summed E-state index contributed by atoms with van der Waals surface area (Å²) in [6, 6.07) is 13.7. The second kappa shape index (κ2) is 9.20. The Morgan fingerprint density at radius 2 is 1.91 bits per heavy atom. The topological polar surface area (TPSA) is 42.8 Å². The van der Waals surface area contributed by atoms with Crippen molar-refractivity contribution in [3.8, 4) is 11.5 Å². The molecular formula is C18H21BrN2O2. The Bertz CT molecular complexity index is 645. The van der Waals surface area contributed by atoms with E-state index in [2.05, 4.69) is 33.4 Å². The molecule has 4 nitrogen and oxygen atoms in total. The number of ether oxygens (including phenoxy) is 2. The van der Waals surface area contributed by atoms with Crippen LogP contribution in [0.4, 0.5) is 5.69 Å². The van der Waals surface area contributed by atoms with Gasteiger partial charge in [0.2, 0.25) is 0 Å². The van der Waals surface area contributed by atoms with Crippen LogP contribution in [0.15, 0.2) is 52.0 Å². The minimum atomic E-state index is 0.581. The molecule has 0 unspecified atom stereocenters. The van der Waals surface area contributed by atoms with Gasteiger partial charge >= 0.3 is 0 Å². The second-order valence-corrected chi connectivity index (χ2v) is 5.70. The Balaban J connectivity index is 2.15. The van der Waals surface area contributed by atoms with Gasteiger partial charge in [0.15, 0.2) is 11.5 Å². The van der Waals surface area contributed by atoms with Gasteiger partial charge in [-0.05, 0) is 59.1 Å². The molecule has 0 saturated heterocycles. The molecule has 122 valence electrons. The van der Waals surface area contributed by atoms with Crippen LogP contribution in [0.3, 0.4) is 0 Å². The molecule has 0 heterocycles. The van der Waals surface area contributed by atoms with E-state index in [9.17, 15) is 0 Å². The van der Waals surface area contributed by atoms with Gasteiger partial charge in [0.1, 0.15) is 0 Å². The lowest BCUT2D eigenvalue weighted by Gasteiger charge is -2.14. The maximum absolute atomic E-state index is 5.77. The number of para-hydroxylation sites is 1. The maximum Gasteiger partial charge on any atom is 0.175 e. The van der Waals surface area contributed by atoms with Crippen molar-refractivity contribution in [1.29, 1.82) is 0 Å². The molecular weight excluding hydrogens is 356 g/mol. The minimum absolute atomic E-state index is 0.581. The lowest BCUT2D eigenvalue weighted by Crippen LogP contribution is -2.02. The molecule has 0 radical (unpaired) electrons. The summed E-state index contributed by atoms with van der Waals surface area (Å²) < 4.78 is 12.3. The van der Waals surface area contributed by atoms with Crippen molar-refractivity contribution < 1.29 is 9.47 Å². The monoisotopic (exact) mass is 376 g/mol. The first-order valence-electron chi connectivity index (χ1n) is 7.67. The van der Waals surface area contributed by atoms with Crippen LogP contribution in [0.5, 0.6) is 11.5 Å². The Labute approximate surface area is 145 Å². The second-order valence-electron chi connectivity index (χ2n) is 4.85. The van der Waals surface area contributed by atoms with E-state index in [1.807, 2.05) is 49.4 Å². The van der Waals surface area contributed by atoms with Gasteiger partial charge in [-0.3, -0.25) is 5.43 Å². The van der Waals surface area contributed by atoms with Crippen molar-refractivity contribution in [2.24, 2.45) is 5.10 Å². The van der Waals surface area contributed by atoms with E-state index in [0.29, 0.717) is 13.2 Å². The summed E-state index contributed by atoms with van der Waals surface area (Å²) in [6.45, 7) is 5.26. The number of hydrogen-bond acceptors (Lipinski definition) is 4. The van der Waals surface area contributed by atoms with Gasteiger partial charge in [-0.25, -0.2) is 0 Å². The van der Waals surface area contributed by atoms with Gasteiger partial charge < -0.3 is 9.47 Å². The molecule has 0 atom stereocenters. The lowest BCUT2D eigenvalue weighted by atomic mass is 10.2. The minimum Gasteiger partial charge on any atom is -0.490 e. The summed E-state index contributed by atoms with van der Waals surface area (Å²) in [7, 11) is 0. The fourth-order valence-electron chi connectivity index (χ4n) is 1.96. The van der Waals surface area contributed by atoms with Gasteiger partial charge in [-0.1, -0.05) is 25.1 Å². The predicted octanol–water partition coefficient (Wildman–Crippen LogP) is 5.08. The average molecular weight is 377 g/mol. The van der Waals surface area contributed by atoms with Crippen LogP contribution < -0.4 is 14.9 Å². The number of nitrogens with one attached hydrogen (secondary N) is 1. The summed E-state index contributed by atoms with van der Waals surface area (Å²) in [5.74, 6) is 1.46. The molecule has 0 amide bonds. The van der Waals surface area contributed by atoms with Gasteiger partial charge in [0.05, 0.1) is 29.6 Å². The summed E-state index contributed by atoms with van der Waals surface area (Å²) in [5.41, 5.74) is 4.86. The molecule has 2 rings (SSSR count). The third kappa shape index (κ3) is 5.28. The number of rotatable bonds is 8. The molecule has 1 N–H and O–H groups in total. The number of hydrazone groups is 1. The first kappa shape index (κ1) is 17.3. The summed E-state index contributed by atoms with van der Waals surface area (Å²) in [6.07, 6.45) is 2.70. The van der Waals surface area contributed by atoms with Crippen molar-refractivity contribution in [3.05, 3.63) is 52.5 Å². The summed E-state index contributed by atoms with van der Waals surface area (Å²) in [5, 5.41) is 4.25. The third-order valence-corrected chi connectivity index (χ3v) is 3.55. The number of hydrogen-bond donors (Lipinski definition) is 1. The Kier molecular flexibility index (Phi) is 6.94. The quantitative estimate of drug-likeness (QED) is 0.515. The molecule has 0 bridgehead atoms. The first-order valence-corrected chi connectivity index (χ1v) is 8.47. The molecule has 23 heavy (non-hydrogen) atoms. The van der Waals surface area contributed by atoms with E-state index in [4.69, 9.17) is 9.47 Å². The smallest absolute Gasteiger partial charge is 0.175 e. The Hall–Kier alpha value is -2.01. The first-order chi connectivity index (χ1) is 11.2. The Morgan fingerprint density at radius 1 is 1.13 bits per heavy atom. The van der Waals surface area contributed by atoms with Crippen LogP contribution in [0.2, 0.25) is 0 Å². The predicted molar refractivity (Wildman–Crippen MR) is 98.8 cm³/mol. The van der Waals surface area contributed by atoms with Crippen LogP contribution in [0.25, 0.3) is 0 Å². The van der Waals surface area contributed by atoms with Crippen molar-refractivity contribution in [2.45, 2.75) is 20.3 Å². The zero-order chi connectivity index (χ0) is 16.5. The lowest BCUT2D eigenvalue weighted by molar-refractivity contribution is 0.275. The van der Waals surface area contributed by atoms with Crippen LogP contribution in [0.1, 0.15) is 25.8 Å². The molecule has 2 aromatic carbocycles.